The molecule has 32 heavy (non-hydrogen) atoms. The van der Waals surface area contributed by atoms with Crippen molar-refractivity contribution in [3.05, 3.63) is 83.8 Å². The van der Waals surface area contributed by atoms with Gasteiger partial charge in [0, 0.05) is 6.54 Å². The van der Waals surface area contributed by atoms with Gasteiger partial charge in [-0.3, -0.25) is 9.69 Å². The van der Waals surface area contributed by atoms with Crippen LogP contribution in [0, 0.1) is 0 Å². The highest BCUT2D eigenvalue weighted by Crippen LogP contribution is 2.26. The molecule has 2 heterocycles. The zero-order valence-corrected chi connectivity index (χ0v) is 18.5. The summed E-state index contributed by atoms with van der Waals surface area (Å²) in [5, 5.41) is 3.06. The van der Waals surface area contributed by atoms with E-state index in [0.29, 0.717) is 18.1 Å². The van der Waals surface area contributed by atoms with E-state index in [-0.39, 0.29) is 18.6 Å². The van der Waals surface area contributed by atoms with Crippen molar-refractivity contribution in [1.82, 2.24) is 10.2 Å². The number of nitrogens with zero attached hydrogens (tertiary/aromatic N) is 1. The summed E-state index contributed by atoms with van der Waals surface area (Å²) in [7, 11) is 1.67. The number of benzene rings is 2. The molecular weight excluding hydrogens is 404 g/mol. The molecule has 6 nitrogen and oxygen atoms in total. The van der Waals surface area contributed by atoms with Gasteiger partial charge in [-0.25, -0.2) is 0 Å². The second kappa shape index (κ2) is 10.9. The standard InChI is InChI=1S/C26H30N2O4/c1-30-21-12-10-20(11-13-21)24(28-16-6-3-7-17-28)18-27-26(29)25-15-14-23(32-25)19-31-22-8-4-2-5-9-22/h2,4-5,8-15,24H,3,6-7,16-19H2,1H3,(H,27,29). The highest BCUT2D eigenvalue weighted by molar-refractivity contribution is 5.91. The van der Waals surface area contributed by atoms with Crippen LogP contribution in [-0.4, -0.2) is 37.6 Å². The van der Waals surface area contributed by atoms with E-state index in [0.717, 1.165) is 24.6 Å². The number of hydrogen-bond donors (Lipinski definition) is 1. The van der Waals surface area contributed by atoms with Crippen molar-refractivity contribution in [2.24, 2.45) is 0 Å². The molecule has 1 saturated heterocycles. The molecule has 0 spiro atoms. The Bertz CT molecular complexity index is 979. The number of nitrogens with one attached hydrogen (secondary N) is 1. The number of furan rings is 1. The first-order valence-electron chi connectivity index (χ1n) is 11.2. The van der Waals surface area contributed by atoms with Crippen molar-refractivity contribution < 1.29 is 18.7 Å². The van der Waals surface area contributed by atoms with E-state index in [1.54, 1.807) is 19.2 Å². The molecule has 4 rings (SSSR count). The van der Waals surface area contributed by atoms with Crippen molar-refractivity contribution in [3.63, 3.8) is 0 Å². The van der Waals surface area contributed by atoms with Crippen LogP contribution < -0.4 is 14.8 Å². The molecule has 0 aliphatic carbocycles. The maximum Gasteiger partial charge on any atom is 0.287 e. The SMILES string of the molecule is COc1ccc(C(CNC(=O)c2ccc(COc3ccccc3)o2)N2CCCCC2)cc1. The number of carbonyl (C=O) groups is 1. The lowest BCUT2D eigenvalue weighted by Gasteiger charge is -2.35. The zero-order chi connectivity index (χ0) is 22.2. The van der Waals surface area contributed by atoms with Crippen LogP contribution in [0.25, 0.3) is 0 Å². The van der Waals surface area contributed by atoms with Crippen molar-refractivity contribution >= 4 is 5.91 Å². The molecule has 6 heteroatoms. The highest BCUT2D eigenvalue weighted by Gasteiger charge is 2.23. The summed E-state index contributed by atoms with van der Waals surface area (Å²) in [5.41, 5.74) is 1.17. The van der Waals surface area contributed by atoms with E-state index in [4.69, 9.17) is 13.9 Å². The molecule has 1 atom stereocenters. The van der Waals surface area contributed by atoms with E-state index in [9.17, 15) is 4.79 Å². The van der Waals surface area contributed by atoms with Gasteiger partial charge in [0.15, 0.2) is 5.76 Å². The van der Waals surface area contributed by atoms with Crippen LogP contribution in [0.2, 0.25) is 0 Å². The third-order valence-electron chi connectivity index (χ3n) is 5.80. The third-order valence-corrected chi connectivity index (χ3v) is 5.80. The molecule has 1 amide bonds. The van der Waals surface area contributed by atoms with Gasteiger partial charge in [0.25, 0.3) is 5.91 Å². The molecule has 1 N–H and O–H groups in total. The molecule has 3 aromatic rings. The van der Waals surface area contributed by atoms with Crippen LogP contribution in [0.3, 0.4) is 0 Å². The van der Waals surface area contributed by atoms with Crippen LogP contribution in [0.4, 0.5) is 0 Å². The second-order valence-corrected chi connectivity index (χ2v) is 7.96. The Balaban J connectivity index is 1.37. The predicted molar refractivity (Wildman–Crippen MR) is 123 cm³/mol. The van der Waals surface area contributed by atoms with E-state index in [2.05, 4.69) is 22.3 Å². The molecule has 1 aromatic heterocycles. The monoisotopic (exact) mass is 434 g/mol. The Morgan fingerprint density at radius 3 is 2.44 bits per heavy atom. The van der Waals surface area contributed by atoms with Crippen LogP contribution >= 0.6 is 0 Å². The minimum absolute atomic E-state index is 0.112. The van der Waals surface area contributed by atoms with Crippen LogP contribution in [0.5, 0.6) is 11.5 Å². The van der Waals surface area contributed by atoms with E-state index in [1.165, 1.54) is 24.8 Å². The maximum absolute atomic E-state index is 12.8. The number of carbonyl (C=O) groups excluding carboxylic acids is 1. The van der Waals surface area contributed by atoms with E-state index < -0.39 is 0 Å². The molecule has 1 aliphatic heterocycles. The largest absolute Gasteiger partial charge is 0.497 e. The minimum atomic E-state index is -0.216. The summed E-state index contributed by atoms with van der Waals surface area (Å²) >= 11 is 0. The van der Waals surface area contributed by atoms with Crippen LogP contribution in [0.1, 0.15) is 47.2 Å². The van der Waals surface area contributed by atoms with Gasteiger partial charge in [-0.05, 0) is 67.9 Å². The van der Waals surface area contributed by atoms with Gasteiger partial charge < -0.3 is 19.2 Å². The van der Waals surface area contributed by atoms with Gasteiger partial charge in [0.05, 0.1) is 13.2 Å². The number of amides is 1. The number of likely N-dealkylation sites (tertiary alicyclic amines) is 1. The van der Waals surface area contributed by atoms with Gasteiger partial charge in [-0.2, -0.15) is 0 Å². The first kappa shape index (κ1) is 22.0. The lowest BCUT2D eigenvalue weighted by molar-refractivity contribution is 0.0893. The Hall–Kier alpha value is -3.25. The Kier molecular flexibility index (Phi) is 7.46. The maximum atomic E-state index is 12.8. The van der Waals surface area contributed by atoms with Crippen molar-refractivity contribution in [2.75, 3.05) is 26.7 Å². The van der Waals surface area contributed by atoms with Gasteiger partial charge in [-0.15, -0.1) is 0 Å². The molecule has 0 bridgehead atoms. The number of para-hydroxylation sites is 1. The summed E-state index contributed by atoms with van der Waals surface area (Å²) in [6, 6.07) is 21.2. The van der Waals surface area contributed by atoms with E-state index >= 15 is 0 Å². The average Bonchev–Trinajstić information content (AvgIpc) is 3.34. The van der Waals surface area contributed by atoms with Crippen LogP contribution in [0.15, 0.2) is 71.1 Å². The number of ether oxygens (including phenoxy) is 2. The molecule has 1 aliphatic rings. The normalized spacial score (nSPS) is 15.2. The molecule has 0 saturated carbocycles. The topological polar surface area (TPSA) is 63.9 Å². The molecule has 168 valence electrons. The Labute approximate surface area is 189 Å². The fourth-order valence-corrected chi connectivity index (χ4v) is 4.04. The number of piperidine rings is 1. The average molecular weight is 435 g/mol. The summed E-state index contributed by atoms with van der Waals surface area (Å²) in [5.74, 6) is 2.28. The number of methoxy groups -OCH3 is 1. The summed E-state index contributed by atoms with van der Waals surface area (Å²) in [4.78, 5) is 15.2. The lowest BCUT2D eigenvalue weighted by Crippen LogP contribution is -2.40. The Morgan fingerprint density at radius 1 is 0.969 bits per heavy atom. The second-order valence-electron chi connectivity index (χ2n) is 7.96. The molecule has 2 aromatic carbocycles. The van der Waals surface area contributed by atoms with Crippen molar-refractivity contribution in [1.29, 1.82) is 0 Å². The fraction of sp³-hybridized carbons (Fsp3) is 0.346. The van der Waals surface area contributed by atoms with Gasteiger partial charge >= 0.3 is 0 Å². The summed E-state index contributed by atoms with van der Waals surface area (Å²) in [6.45, 7) is 2.86. The number of hydrogen-bond acceptors (Lipinski definition) is 5. The zero-order valence-electron chi connectivity index (χ0n) is 18.5. The minimum Gasteiger partial charge on any atom is -0.497 e. The summed E-state index contributed by atoms with van der Waals surface area (Å²) < 4.78 is 16.7. The third kappa shape index (κ3) is 5.71. The molecule has 1 unspecified atom stereocenters. The highest BCUT2D eigenvalue weighted by atomic mass is 16.5. The van der Waals surface area contributed by atoms with Crippen LogP contribution in [-0.2, 0) is 6.61 Å². The first-order valence-corrected chi connectivity index (χ1v) is 11.2. The Morgan fingerprint density at radius 2 is 1.72 bits per heavy atom. The number of rotatable bonds is 9. The molecular formula is C26H30N2O4. The lowest BCUT2D eigenvalue weighted by atomic mass is 10.0. The predicted octanol–water partition coefficient (Wildman–Crippen LogP) is 4.82. The smallest absolute Gasteiger partial charge is 0.287 e. The van der Waals surface area contributed by atoms with Gasteiger partial charge in [0.1, 0.15) is 23.9 Å². The van der Waals surface area contributed by atoms with Crippen molar-refractivity contribution in [2.45, 2.75) is 31.9 Å². The van der Waals surface area contributed by atoms with Gasteiger partial charge in [-0.1, -0.05) is 36.8 Å². The van der Waals surface area contributed by atoms with Crippen molar-refractivity contribution in [3.8, 4) is 11.5 Å². The summed E-state index contributed by atoms with van der Waals surface area (Å²) in [6.07, 6.45) is 3.63. The molecule has 1 fully saturated rings. The van der Waals surface area contributed by atoms with E-state index in [1.807, 2.05) is 42.5 Å². The quantitative estimate of drug-likeness (QED) is 0.523. The first-order chi connectivity index (χ1) is 15.7. The molecule has 0 radical (unpaired) electrons. The van der Waals surface area contributed by atoms with Gasteiger partial charge in [0.2, 0.25) is 0 Å². The fourth-order valence-electron chi connectivity index (χ4n) is 4.04.